The lowest BCUT2D eigenvalue weighted by atomic mass is 9.42. The minimum atomic E-state index is -0.203. The molecule has 4 aliphatic rings. The summed E-state index contributed by atoms with van der Waals surface area (Å²) in [6.45, 7) is 0.554. The van der Waals surface area contributed by atoms with E-state index in [1.165, 1.54) is 24.8 Å². The van der Waals surface area contributed by atoms with Crippen molar-refractivity contribution >= 4 is 5.91 Å². The number of rotatable bonds is 5. The fraction of sp³-hybridized carbons (Fsp3) is 0.542. The lowest BCUT2D eigenvalue weighted by Crippen LogP contribution is -2.59. The first-order valence-electron chi connectivity index (χ1n) is 10.4. The molecule has 4 heteroatoms. The summed E-state index contributed by atoms with van der Waals surface area (Å²) in [5, 5.41) is 0. The Morgan fingerprint density at radius 1 is 1.14 bits per heavy atom. The van der Waals surface area contributed by atoms with E-state index in [1.807, 2.05) is 24.1 Å². The van der Waals surface area contributed by atoms with Crippen LogP contribution in [0.25, 0.3) is 0 Å². The van der Waals surface area contributed by atoms with Crippen LogP contribution in [0.3, 0.4) is 0 Å². The minimum absolute atomic E-state index is 0.150. The number of hydrogen-bond donors (Lipinski definition) is 0. The molecule has 1 heterocycles. The standard InChI is InChI=1S/C24H29NO3/c1-25(15-21-4-3-9-28-21)22(26)24-13-17-10-18(14-24)12-23(11-17,16-24)19-5-7-20(27-2)8-6-19/h3-9,17-18H,10-16H2,1-2H3. The first-order chi connectivity index (χ1) is 13.5. The molecule has 1 aromatic carbocycles. The summed E-state index contributed by atoms with van der Waals surface area (Å²) in [6.07, 6.45) is 8.54. The molecular formula is C24H29NO3. The molecule has 4 bridgehead atoms. The molecule has 2 atom stereocenters. The molecule has 2 aromatic rings. The van der Waals surface area contributed by atoms with Gasteiger partial charge in [-0.15, -0.1) is 0 Å². The highest BCUT2D eigenvalue weighted by Gasteiger charge is 2.61. The SMILES string of the molecule is COc1ccc(C23CC4CC(CC(C(=O)N(C)Cc5ccco5)(C4)C2)C3)cc1. The van der Waals surface area contributed by atoms with Crippen LogP contribution in [0, 0.1) is 17.3 Å². The number of carbonyl (C=O) groups is 1. The maximum absolute atomic E-state index is 13.7. The Bertz CT molecular complexity index is 840. The van der Waals surface area contributed by atoms with Crippen LogP contribution in [-0.4, -0.2) is 25.0 Å². The van der Waals surface area contributed by atoms with Crippen LogP contribution in [0.1, 0.15) is 49.8 Å². The Morgan fingerprint density at radius 2 is 1.86 bits per heavy atom. The lowest BCUT2D eigenvalue weighted by Gasteiger charge is -2.62. The number of benzene rings is 1. The predicted octanol–water partition coefficient (Wildman–Crippen LogP) is 4.78. The van der Waals surface area contributed by atoms with Gasteiger partial charge in [0.15, 0.2) is 0 Å². The normalized spacial score (nSPS) is 33.1. The summed E-state index contributed by atoms with van der Waals surface area (Å²) < 4.78 is 10.8. The molecule has 0 saturated heterocycles. The van der Waals surface area contributed by atoms with Gasteiger partial charge in [0.25, 0.3) is 0 Å². The molecule has 4 saturated carbocycles. The second kappa shape index (κ2) is 6.40. The van der Waals surface area contributed by atoms with E-state index >= 15 is 0 Å². The number of amides is 1. The summed E-state index contributed by atoms with van der Waals surface area (Å²) in [5.74, 6) is 3.41. The first-order valence-corrected chi connectivity index (χ1v) is 10.4. The van der Waals surface area contributed by atoms with E-state index in [0.29, 0.717) is 24.3 Å². The highest BCUT2D eigenvalue weighted by molar-refractivity contribution is 5.83. The Morgan fingerprint density at radius 3 is 2.46 bits per heavy atom. The van der Waals surface area contributed by atoms with Crippen LogP contribution >= 0.6 is 0 Å². The number of carbonyl (C=O) groups excluding carboxylic acids is 1. The zero-order valence-corrected chi connectivity index (χ0v) is 16.8. The van der Waals surface area contributed by atoms with Crippen molar-refractivity contribution < 1.29 is 13.9 Å². The van der Waals surface area contributed by atoms with Gasteiger partial charge in [0.2, 0.25) is 5.91 Å². The second-order valence-corrected chi connectivity index (χ2v) is 9.49. The van der Waals surface area contributed by atoms with E-state index in [-0.39, 0.29) is 10.8 Å². The van der Waals surface area contributed by atoms with Gasteiger partial charge in [0.05, 0.1) is 25.3 Å². The maximum Gasteiger partial charge on any atom is 0.228 e. The average Bonchev–Trinajstić information content (AvgIpc) is 3.19. The van der Waals surface area contributed by atoms with Gasteiger partial charge in [-0.2, -0.15) is 0 Å². The van der Waals surface area contributed by atoms with Gasteiger partial charge in [0, 0.05) is 7.05 Å². The summed E-state index contributed by atoms with van der Waals surface area (Å²) in [4.78, 5) is 15.6. The Kier molecular flexibility index (Phi) is 4.08. The lowest BCUT2D eigenvalue weighted by molar-refractivity contribution is -0.159. The maximum atomic E-state index is 13.7. The summed E-state index contributed by atoms with van der Waals surface area (Å²) >= 11 is 0. The van der Waals surface area contributed by atoms with Crippen molar-refractivity contribution in [1.29, 1.82) is 0 Å². The molecular weight excluding hydrogens is 350 g/mol. The molecule has 0 N–H and O–H groups in total. The molecule has 28 heavy (non-hydrogen) atoms. The third-order valence-corrected chi connectivity index (χ3v) is 7.54. The largest absolute Gasteiger partial charge is 0.497 e. The average molecular weight is 380 g/mol. The first kappa shape index (κ1) is 17.8. The number of hydrogen-bond acceptors (Lipinski definition) is 3. The van der Waals surface area contributed by atoms with E-state index in [9.17, 15) is 4.79 Å². The van der Waals surface area contributed by atoms with Gasteiger partial charge < -0.3 is 14.1 Å². The van der Waals surface area contributed by atoms with Crippen molar-refractivity contribution in [3.8, 4) is 5.75 Å². The fourth-order valence-electron chi connectivity index (χ4n) is 6.91. The Hall–Kier alpha value is -2.23. The molecule has 2 unspecified atom stereocenters. The molecule has 148 valence electrons. The van der Waals surface area contributed by atoms with Crippen LogP contribution in [0.2, 0.25) is 0 Å². The quantitative estimate of drug-likeness (QED) is 0.750. The minimum Gasteiger partial charge on any atom is -0.497 e. The zero-order chi connectivity index (χ0) is 19.4. The molecule has 4 aliphatic carbocycles. The number of furan rings is 1. The van der Waals surface area contributed by atoms with E-state index in [1.54, 1.807) is 13.4 Å². The van der Waals surface area contributed by atoms with Crippen molar-refractivity contribution in [1.82, 2.24) is 4.90 Å². The number of nitrogens with zero attached hydrogens (tertiary/aromatic N) is 1. The van der Waals surface area contributed by atoms with Gasteiger partial charge >= 0.3 is 0 Å². The highest BCUT2D eigenvalue weighted by atomic mass is 16.5. The molecule has 0 radical (unpaired) electrons. The van der Waals surface area contributed by atoms with Crippen LogP contribution in [-0.2, 0) is 16.8 Å². The summed E-state index contributed by atoms with van der Waals surface area (Å²) in [5.41, 5.74) is 1.34. The van der Waals surface area contributed by atoms with Crippen LogP contribution < -0.4 is 4.74 Å². The third kappa shape index (κ3) is 2.76. The van der Waals surface area contributed by atoms with Gasteiger partial charge in [-0.3, -0.25) is 4.79 Å². The van der Waals surface area contributed by atoms with E-state index < -0.39 is 0 Å². The zero-order valence-electron chi connectivity index (χ0n) is 16.8. The molecule has 0 spiro atoms. The summed E-state index contributed by atoms with van der Waals surface area (Å²) in [6, 6.07) is 12.4. The smallest absolute Gasteiger partial charge is 0.228 e. The molecule has 4 nitrogen and oxygen atoms in total. The molecule has 1 aromatic heterocycles. The molecule has 0 aliphatic heterocycles. The van der Waals surface area contributed by atoms with Gasteiger partial charge in [-0.1, -0.05) is 12.1 Å². The summed E-state index contributed by atoms with van der Waals surface area (Å²) in [7, 11) is 3.64. The van der Waals surface area contributed by atoms with Crippen molar-refractivity contribution in [2.45, 2.75) is 50.5 Å². The van der Waals surface area contributed by atoms with Gasteiger partial charge in [0.1, 0.15) is 11.5 Å². The van der Waals surface area contributed by atoms with Crippen LogP contribution in [0.5, 0.6) is 5.75 Å². The van der Waals surface area contributed by atoms with E-state index in [2.05, 4.69) is 24.3 Å². The predicted molar refractivity (Wildman–Crippen MR) is 107 cm³/mol. The topological polar surface area (TPSA) is 42.7 Å². The van der Waals surface area contributed by atoms with Crippen molar-refractivity contribution in [2.75, 3.05) is 14.2 Å². The van der Waals surface area contributed by atoms with E-state index in [4.69, 9.17) is 9.15 Å². The van der Waals surface area contributed by atoms with Gasteiger partial charge in [-0.05, 0) is 85.6 Å². The molecule has 6 rings (SSSR count). The monoisotopic (exact) mass is 379 g/mol. The van der Waals surface area contributed by atoms with E-state index in [0.717, 1.165) is 30.8 Å². The Balaban J connectivity index is 1.44. The van der Waals surface area contributed by atoms with Crippen molar-refractivity contribution in [3.63, 3.8) is 0 Å². The molecule has 4 fully saturated rings. The van der Waals surface area contributed by atoms with Crippen LogP contribution in [0.15, 0.2) is 47.1 Å². The second-order valence-electron chi connectivity index (χ2n) is 9.49. The molecule has 1 amide bonds. The van der Waals surface area contributed by atoms with Gasteiger partial charge in [-0.25, -0.2) is 0 Å². The highest BCUT2D eigenvalue weighted by Crippen LogP contribution is 2.66. The number of ether oxygens (including phenoxy) is 1. The van der Waals surface area contributed by atoms with Crippen molar-refractivity contribution in [3.05, 3.63) is 54.0 Å². The van der Waals surface area contributed by atoms with Crippen LogP contribution in [0.4, 0.5) is 0 Å². The number of methoxy groups -OCH3 is 1. The fourth-order valence-corrected chi connectivity index (χ4v) is 6.91. The third-order valence-electron chi connectivity index (χ3n) is 7.54. The van der Waals surface area contributed by atoms with Crippen molar-refractivity contribution in [2.24, 2.45) is 17.3 Å². The Labute approximate surface area is 166 Å².